The van der Waals surface area contributed by atoms with Crippen LogP contribution < -0.4 is 9.47 Å². The minimum atomic E-state index is -0.100. The summed E-state index contributed by atoms with van der Waals surface area (Å²) in [4.78, 5) is 7.52. The Morgan fingerprint density at radius 2 is 1.58 bits per heavy atom. The molecule has 6 bridgehead atoms. The van der Waals surface area contributed by atoms with E-state index >= 15 is 0 Å². The van der Waals surface area contributed by atoms with Gasteiger partial charge in [-0.2, -0.15) is 0 Å². The van der Waals surface area contributed by atoms with Gasteiger partial charge in [-0.3, -0.25) is 0 Å². The van der Waals surface area contributed by atoms with Gasteiger partial charge in [0, 0.05) is 0 Å². The number of hydrogen-bond donors (Lipinski definition) is 0. The molecule has 0 spiro atoms. The number of allylic oxidation sites excluding steroid dienone is 2. The van der Waals surface area contributed by atoms with Crippen molar-refractivity contribution in [2.75, 3.05) is 11.9 Å². The molecule has 3 aromatic heterocycles. The molecule has 4 nitrogen and oxygen atoms in total. The summed E-state index contributed by atoms with van der Waals surface area (Å²) >= 11 is 2.58. The average Bonchev–Trinajstić information content (AvgIpc) is 3.16. The molecular formula is C31H41N4Pt+. The van der Waals surface area contributed by atoms with Crippen LogP contribution in [0.4, 0.5) is 5.82 Å². The maximum atomic E-state index is 5.19. The number of aromatic nitrogens is 3. The van der Waals surface area contributed by atoms with Crippen molar-refractivity contribution in [1.29, 1.82) is 0 Å². The molecule has 0 N–H and O–H groups in total. The second-order valence-corrected chi connectivity index (χ2v) is 12.6. The molecule has 0 radical (unpaired) electrons. The summed E-state index contributed by atoms with van der Waals surface area (Å²) in [6.45, 7) is 20.8. The Labute approximate surface area is 228 Å². The first-order chi connectivity index (χ1) is 16.7. The average molecular weight is 665 g/mol. The topological polar surface area (TPSA) is 24.9 Å². The summed E-state index contributed by atoms with van der Waals surface area (Å²) in [7, 11) is 4.35. The van der Waals surface area contributed by atoms with Crippen LogP contribution in [0.5, 0.6) is 0 Å². The first-order valence-electron chi connectivity index (χ1n) is 12.8. The fourth-order valence-electron chi connectivity index (χ4n) is 5.52. The zero-order valence-electron chi connectivity index (χ0n) is 23.7. The van der Waals surface area contributed by atoms with E-state index in [0.717, 1.165) is 11.5 Å². The van der Waals surface area contributed by atoms with Gasteiger partial charge >= 0.3 is 229 Å². The monoisotopic (exact) mass is 664 g/mol. The molecule has 0 amide bonds. The summed E-state index contributed by atoms with van der Waals surface area (Å²) < 4.78 is 5.99. The number of rotatable bonds is 0. The van der Waals surface area contributed by atoms with Crippen molar-refractivity contribution in [2.24, 2.45) is 12.5 Å². The van der Waals surface area contributed by atoms with Crippen molar-refractivity contribution in [2.45, 2.75) is 73.6 Å². The van der Waals surface area contributed by atoms with Crippen LogP contribution in [0, 0.1) is 19.3 Å². The van der Waals surface area contributed by atoms with E-state index in [1.54, 1.807) is 0 Å². The third-order valence-corrected chi connectivity index (χ3v) is 11.4. The summed E-state index contributed by atoms with van der Waals surface area (Å²) in [6, 6.07) is 13.0. The molecule has 1 unspecified atom stereocenters. The molecule has 1 aliphatic heterocycles. The van der Waals surface area contributed by atoms with E-state index in [9.17, 15) is 0 Å². The molecule has 0 saturated heterocycles. The van der Waals surface area contributed by atoms with Crippen molar-refractivity contribution in [3.63, 3.8) is 0 Å². The van der Waals surface area contributed by atoms with Crippen LogP contribution in [-0.2, 0) is 31.8 Å². The Kier molecular flexibility index (Phi) is 6.84. The van der Waals surface area contributed by atoms with E-state index in [2.05, 4.69) is 152 Å². The van der Waals surface area contributed by atoms with Gasteiger partial charge in [0.25, 0.3) is 0 Å². The Morgan fingerprint density at radius 3 is 2.25 bits per heavy atom. The third-order valence-electron chi connectivity index (χ3n) is 9.14. The number of anilines is 1. The molecule has 1 aliphatic rings. The van der Waals surface area contributed by atoms with Gasteiger partial charge in [0.05, 0.1) is 0 Å². The van der Waals surface area contributed by atoms with Gasteiger partial charge < -0.3 is 0 Å². The molecule has 3 aromatic rings. The number of fused-ring (bicyclic) bond motifs is 7. The van der Waals surface area contributed by atoms with E-state index in [0.29, 0.717) is 0 Å². The molecule has 5 heteroatoms. The second-order valence-electron chi connectivity index (χ2n) is 11.4. The summed E-state index contributed by atoms with van der Waals surface area (Å²) in [5.41, 5.74) is 8.70. The van der Waals surface area contributed by atoms with Crippen LogP contribution in [0.25, 0.3) is 5.82 Å². The summed E-state index contributed by atoms with van der Waals surface area (Å²) in [5.74, 6) is 2.30. The zero-order valence-corrected chi connectivity index (χ0v) is 26.0. The molecule has 0 saturated carbocycles. The number of pyridine rings is 2. The van der Waals surface area contributed by atoms with Crippen molar-refractivity contribution in [3.05, 3.63) is 82.1 Å². The van der Waals surface area contributed by atoms with Crippen LogP contribution in [0.3, 0.4) is 0 Å². The van der Waals surface area contributed by atoms with Gasteiger partial charge in [0.2, 0.25) is 0 Å². The van der Waals surface area contributed by atoms with Crippen LogP contribution in [0.1, 0.15) is 82.6 Å². The van der Waals surface area contributed by atoms with Gasteiger partial charge in [0.15, 0.2) is 0 Å². The molecule has 0 aromatic carbocycles. The van der Waals surface area contributed by atoms with Gasteiger partial charge in [-0.05, 0) is 0 Å². The van der Waals surface area contributed by atoms with Gasteiger partial charge in [0.1, 0.15) is 0 Å². The summed E-state index contributed by atoms with van der Waals surface area (Å²) in [6.07, 6.45) is 2.33. The zero-order chi connectivity index (χ0) is 26.7. The Bertz CT molecular complexity index is 1390. The normalized spacial score (nSPS) is 21.6. The van der Waals surface area contributed by atoms with E-state index < -0.39 is 0 Å². The molecular weight excluding hydrogens is 623 g/mol. The number of nitrogens with zero attached hydrogens (tertiary/aromatic N) is 4. The van der Waals surface area contributed by atoms with Crippen molar-refractivity contribution in [1.82, 2.24) is 9.55 Å². The molecule has 1 atom stereocenters. The van der Waals surface area contributed by atoms with E-state index in [1.165, 1.54) is 43.5 Å². The second kappa shape index (κ2) is 9.21. The Balaban J connectivity index is 2.08. The van der Waals surface area contributed by atoms with Crippen molar-refractivity contribution in [3.8, 4) is 5.82 Å². The predicted octanol–water partition coefficient (Wildman–Crippen LogP) is 6.23. The maximum absolute atomic E-state index is 5.19. The SMILES string of the molecule is C/C1=C(\C)N(C)c2cccc([n+]2C)C(C)c2cccc(n2)-n2cc(c(C)c2C)C(C)(C)C(C)(C)[C]1=[Pt]. The minimum absolute atomic E-state index is 0.0883. The van der Waals surface area contributed by atoms with Crippen molar-refractivity contribution < 1.29 is 23.9 Å². The molecule has 4 rings (SSSR count). The number of hydrogen-bond acceptors (Lipinski definition) is 2. The third kappa shape index (κ3) is 3.97. The standard InChI is InChI=1S/C31H41N4.Pt/c1-20-18-30(6,7)31(8,9)25-19-35(24(5)21(25)2)28-16-12-14-26(32-28)22(3)27-15-13-17-29(34(27)11)33(10)23(20)4;/h12-17,19,22H,1-11H3;/q+1;/b23-20-;. The molecule has 0 aliphatic carbocycles. The van der Waals surface area contributed by atoms with Gasteiger partial charge in [-0.25, -0.2) is 0 Å². The Morgan fingerprint density at radius 1 is 0.944 bits per heavy atom. The predicted molar refractivity (Wildman–Crippen MR) is 147 cm³/mol. The summed E-state index contributed by atoms with van der Waals surface area (Å²) in [5, 5.41) is 0. The van der Waals surface area contributed by atoms with Gasteiger partial charge in [-0.15, -0.1) is 0 Å². The van der Waals surface area contributed by atoms with E-state index in [1.807, 2.05) is 0 Å². The van der Waals surface area contributed by atoms with Crippen LogP contribution in [0.15, 0.2) is 53.9 Å². The fourth-order valence-corrected chi connectivity index (χ4v) is 6.65. The first kappa shape index (κ1) is 26.7. The quantitative estimate of drug-likeness (QED) is 0.267. The van der Waals surface area contributed by atoms with Crippen LogP contribution in [-0.4, -0.2) is 20.5 Å². The first-order valence-corrected chi connectivity index (χ1v) is 13.9. The Hall–Kier alpha value is -2.32. The van der Waals surface area contributed by atoms with Crippen LogP contribution in [0.2, 0.25) is 0 Å². The van der Waals surface area contributed by atoms with Gasteiger partial charge in [-0.1, -0.05) is 0 Å². The molecule has 0 fully saturated rings. The molecule has 4 heterocycles. The fraction of sp³-hybridized carbons (Fsp3) is 0.452. The van der Waals surface area contributed by atoms with E-state index in [-0.39, 0.29) is 16.7 Å². The van der Waals surface area contributed by atoms with E-state index in [4.69, 9.17) is 4.98 Å². The molecule has 194 valence electrons. The molecule has 36 heavy (non-hydrogen) atoms. The van der Waals surface area contributed by atoms with Crippen molar-refractivity contribution >= 4 is 9.72 Å². The van der Waals surface area contributed by atoms with Crippen LogP contribution >= 0.6 is 0 Å².